The van der Waals surface area contributed by atoms with Crippen molar-refractivity contribution in [3.05, 3.63) is 34.1 Å². The minimum atomic E-state index is -2.81. The van der Waals surface area contributed by atoms with Crippen molar-refractivity contribution < 1.29 is 13.2 Å². The number of rotatable bonds is 2. The lowest BCUT2D eigenvalue weighted by atomic mass is 9.93. The molecule has 0 aliphatic rings. The third kappa shape index (κ3) is 2.09. The molecule has 0 radical (unpaired) electrons. The normalized spacial score (nSPS) is 15.6. The lowest BCUT2D eigenvalue weighted by molar-refractivity contribution is 0.0604. The Hall–Kier alpha value is -0.550. The first-order valence-corrected chi connectivity index (χ1v) is 4.67. The van der Waals surface area contributed by atoms with Crippen LogP contribution < -0.4 is 5.73 Å². The topological polar surface area (TPSA) is 26.0 Å². The van der Waals surface area contributed by atoms with Crippen LogP contribution in [0.15, 0.2) is 22.7 Å². The zero-order valence-electron chi connectivity index (χ0n) is 7.40. The van der Waals surface area contributed by atoms with Gasteiger partial charge in [-0.3, -0.25) is 0 Å². The molecule has 1 nitrogen and oxygen atoms in total. The van der Waals surface area contributed by atoms with E-state index in [1.54, 1.807) is 0 Å². The van der Waals surface area contributed by atoms with Crippen molar-refractivity contribution in [2.45, 2.75) is 18.9 Å². The van der Waals surface area contributed by atoms with E-state index in [0.717, 1.165) is 13.0 Å². The highest BCUT2D eigenvalue weighted by atomic mass is 79.9. The van der Waals surface area contributed by atoms with Crippen LogP contribution in [0.3, 0.4) is 0 Å². The highest BCUT2D eigenvalue weighted by molar-refractivity contribution is 9.10. The SMILES string of the molecule is CC(N)(c1cc(Br)ccc1F)C(F)F. The maximum atomic E-state index is 13.2. The zero-order chi connectivity index (χ0) is 10.9. The molecule has 0 aliphatic carbocycles. The molecular weight excluding hydrogens is 259 g/mol. The van der Waals surface area contributed by atoms with E-state index in [0.29, 0.717) is 4.47 Å². The van der Waals surface area contributed by atoms with Gasteiger partial charge in [0.1, 0.15) is 11.4 Å². The number of hydrogen-bond donors (Lipinski definition) is 1. The van der Waals surface area contributed by atoms with E-state index < -0.39 is 17.8 Å². The maximum absolute atomic E-state index is 13.2. The van der Waals surface area contributed by atoms with Crippen LogP contribution >= 0.6 is 15.9 Å². The summed E-state index contributed by atoms with van der Waals surface area (Å²) in [5.41, 5.74) is 3.18. The summed E-state index contributed by atoms with van der Waals surface area (Å²) in [6.07, 6.45) is -2.81. The van der Waals surface area contributed by atoms with E-state index in [2.05, 4.69) is 15.9 Å². The highest BCUT2D eigenvalue weighted by Crippen LogP contribution is 2.29. The van der Waals surface area contributed by atoms with Gasteiger partial charge in [0, 0.05) is 10.0 Å². The maximum Gasteiger partial charge on any atom is 0.260 e. The Morgan fingerprint density at radius 2 is 2.00 bits per heavy atom. The lowest BCUT2D eigenvalue weighted by Gasteiger charge is -2.24. The van der Waals surface area contributed by atoms with Crippen LogP contribution in [0.25, 0.3) is 0 Å². The second kappa shape index (κ2) is 3.90. The van der Waals surface area contributed by atoms with Gasteiger partial charge in [-0.15, -0.1) is 0 Å². The third-order valence-corrected chi connectivity index (χ3v) is 2.46. The molecule has 78 valence electrons. The molecule has 0 saturated carbocycles. The van der Waals surface area contributed by atoms with Crippen molar-refractivity contribution in [3.63, 3.8) is 0 Å². The number of benzene rings is 1. The van der Waals surface area contributed by atoms with Crippen molar-refractivity contribution in [1.29, 1.82) is 0 Å². The predicted octanol–water partition coefficient (Wildman–Crippen LogP) is 3.03. The van der Waals surface area contributed by atoms with Crippen LogP contribution in [-0.2, 0) is 5.54 Å². The molecule has 1 aromatic rings. The second-order valence-electron chi connectivity index (χ2n) is 3.21. The molecule has 5 heteroatoms. The van der Waals surface area contributed by atoms with Crippen molar-refractivity contribution in [2.75, 3.05) is 0 Å². The van der Waals surface area contributed by atoms with E-state index in [-0.39, 0.29) is 5.56 Å². The Morgan fingerprint density at radius 3 is 2.50 bits per heavy atom. The number of alkyl halides is 2. The van der Waals surface area contributed by atoms with Crippen molar-refractivity contribution in [1.82, 2.24) is 0 Å². The summed E-state index contributed by atoms with van der Waals surface area (Å²) in [6.45, 7) is 1.10. The smallest absolute Gasteiger partial charge is 0.260 e. The van der Waals surface area contributed by atoms with E-state index in [1.807, 2.05) is 0 Å². The molecule has 0 spiro atoms. The first-order valence-electron chi connectivity index (χ1n) is 3.88. The van der Waals surface area contributed by atoms with Gasteiger partial charge in [0.05, 0.1) is 0 Å². The summed E-state index contributed by atoms with van der Waals surface area (Å²) in [6, 6.07) is 3.80. The standard InChI is InChI=1S/C9H9BrF3N/c1-9(14,8(12)13)6-4-5(10)2-3-7(6)11/h2-4,8H,14H2,1H3. The Labute approximate surface area is 88.2 Å². The summed E-state index contributed by atoms with van der Waals surface area (Å²) in [5, 5.41) is 0. The van der Waals surface area contributed by atoms with Gasteiger partial charge < -0.3 is 5.73 Å². The molecule has 1 unspecified atom stereocenters. The van der Waals surface area contributed by atoms with Gasteiger partial charge in [-0.1, -0.05) is 15.9 Å². The number of halogens is 4. The van der Waals surface area contributed by atoms with Gasteiger partial charge >= 0.3 is 0 Å². The molecule has 0 bridgehead atoms. The fraction of sp³-hybridized carbons (Fsp3) is 0.333. The highest BCUT2D eigenvalue weighted by Gasteiger charge is 2.34. The zero-order valence-corrected chi connectivity index (χ0v) is 8.98. The first-order chi connectivity index (χ1) is 6.35. The van der Waals surface area contributed by atoms with Crippen LogP contribution in [0.1, 0.15) is 12.5 Å². The molecule has 0 fully saturated rings. The Balaban J connectivity index is 3.24. The molecular formula is C9H9BrF3N. The Kier molecular flexibility index (Phi) is 3.21. The van der Waals surface area contributed by atoms with Crippen LogP contribution in [0.5, 0.6) is 0 Å². The van der Waals surface area contributed by atoms with E-state index in [1.165, 1.54) is 12.1 Å². The fourth-order valence-electron chi connectivity index (χ4n) is 1.03. The summed E-state index contributed by atoms with van der Waals surface area (Å²) >= 11 is 3.07. The van der Waals surface area contributed by atoms with Crippen LogP contribution in [0, 0.1) is 5.82 Å². The quantitative estimate of drug-likeness (QED) is 0.876. The molecule has 1 atom stereocenters. The molecule has 0 aliphatic heterocycles. The Morgan fingerprint density at radius 1 is 1.43 bits per heavy atom. The average Bonchev–Trinajstić information content (AvgIpc) is 2.08. The van der Waals surface area contributed by atoms with Gasteiger partial charge in [-0.05, 0) is 25.1 Å². The molecule has 0 heterocycles. The summed E-state index contributed by atoms with van der Waals surface area (Å²) < 4.78 is 38.7. The lowest BCUT2D eigenvalue weighted by Crippen LogP contribution is -2.41. The van der Waals surface area contributed by atoms with Crippen molar-refractivity contribution >= 4 is 15.9 Å². The molecule has 14 heavy (non-hydrogen) atoms. The largest absolute Gasteiger partial charge is 0.317 e. The third-order valence-electron chi connectivity index (χ3n) is 1.96. The minimum absolute atomic E-state index is 0.193. The van der Waals surface area contributed by atoms with E-state index in [9.17, 15) is 13.2 Å². The molecule has 0 saturated heterocycles. The molecule has 1 aromatic carbocycles. The monoisotopic (exact) mass is 267 g/mol. The Bertz CT molecular complexity index is 339. The first kappa shape index (κ1) is 11.5. The average molecular weight is 268 g/mol. The van der Waals surface area contributed by atoms with Gasteiger partial charge in [-0.2, -0.15) is 0 Å². The molecule has 0 amide bonds. The summed E-state index contributed by atoms with van der Waals surface area (Å²) in [4.78, 5) is 0. The van der Waals surface area contributed by atoms with Crippen LogP contribution in [0.2, 0.25) is 0 Å². The fourth-order valence-corrected chi connectivity index (χ4v) is 1.39. The number of hydrogen-bond acceptors (Lipinski definition) is 1. The predicted molar refractivity (Wildman–Crippen MR) is 51.6 cm³/mol. The van der Waals surface area contributed by atoms with E-state index in [4.69, 9.17) is 5.73 Å². The summed E-state index contributed by atoms with van der Waals surface area (Å²) in [5.74, 6) is -0.724. The minimum Gasteiger partial charge on any atom is -0.317 e. The summed E-state index contributed by atoms with van der Waals surface area (Å²) in [7, 11) is 0. The van der Waals surface area contributed by atoms with Crippen molar-refractivity contribution in [3.8, 4) is 0 Å². The van der Waals surface area contributed by atoms with Crippen LogP contribution in [-0.4, -0.2) is 6.43 Å². The van der Waals surface area contributed by atoms with Gasteiger partial charge in [-0.25, -0.2) is 13.2 Å². The van der Waals surface area contributed by atoms with Crippen LogP contribution in [0.4, 0.5) is 13.2 Å². The molecule has 1 rings (SSSR count). The van der Waals surface area contributed by atoms with Gasteiger partial charge in [0.2, 0.25) is 0 Å². The molecule has 0 aromatic heterocycles. The second-order valence-corrected chi connectivity index (χ2v) is 4.12. The van der Waals surface area contributed by atoms with Gasteiger partial charge in [0.25, 0.3) is 6.43 Å². The number of nitrogens with two attached hydrogens (primary N) is 1. The van der Waals surface area contributed by atoms with Crippen molar-refractivity contribution in [2.24, 2.45) is 5.73 Å². The molecule has 2 N–H and O–H groups in total. The van der Waals surface area contributed by atoms with Gasteiger partial charge in [0.15, 0.2) is 0 Å². The van der Waals surface area contributed by atoms with E-state index >= 15 is 0 Å².